The van der Waals surface area contributed by atoms with Crippen LogP contribution < -0.4 is 0 Å². The van der Waals surface area contributed by atoms with Crippen LogP contribution in [-0.2, 0) is 6.54 Å². The Balaban J connectivity index is 1.68. The number of hydrogen-bond donors (Lipinski definition) is 0. The summed E-state index contributed by atoms with van der Waals surface area (Å²) in [5.41, 5.74) is 1.01. The van der Waals surface area contributed by atoms with Gasteiger partial charge in [-0.05, 0) is 30.5 Å². The molecule has 0 atom stereocenters. The zero-order valence-corrected chi connectivity index (χ0v) is 13.0. The van der Waals surface area contributed by atoms with Gasteiger partial charge >= 0.3 is 0 Å². The third kappa shape index (κ3) is 3.37. The molecule has 1 aliphatic heterocycles. The van der Waals surface area contributed by atoms with Crippen molar-refractivity contribution < 1.29 is 4.52 Å². The molecule has 3 rings (SSSR count). The molecular weight excluding hydrogens is 290 g/mol. The van der Waals surface area contributed by atoms with Crippen LogP contribution in [0.4, 0.5) is 0 Å². The maximum absolute atomic E-state index is 5.36. The molecule has 106 valence electrons. The van der Waals surface area contributed by atoms with Crippen LogP contribution in [0.2, 0.25) is 0 Å². The summed E-state index contributed by atoms with van der Waals surface area (Å²) in [6.45, 7) is 2.96. The summed E-state index contributed by atoms with van der Waals surface area (Å²) in [6, 6.07) is 8.24. The molecule has 1 fully saturated rings. The standard InChI is InChI=1S/C14H17N3OS2/c1-19-12-4-2-11(3-5-12)14-15-13(18-16-14)10-17-6-8-20-9-7-17/h2-5H,6-10H2,1H3. The van der Waals surface area contributed by atoms with E-state index in [1.165, 1.54) is 16.4 Å². The SMILES string of the molecule is CSc1ccc(-c2noc(CN3CCSCC3)n2)cc1. The van der Waals surface area contributed by atoms with Gasteiger partial charge in [-0.1, -0.05) is 5.16 Å². The minimum absolute atomic E-state index is 0.680. The van der Waals surface area contributed by atoms with Gasteiger partial charge in [-0.25, -0.2) is 0 Å². The topological polar surface area (TPSA) is 42.2 Å². The Hall–Kier alpha value is -0.980. The van der Waals surface area contributed by atoms with Gasteiger partial charge < -0.3 is 4.52 Å². The molecule has 1 saturated heterocycles. The average Bonchev–Trinajstić information content (AvgIpc) is 2.97. The summed E-state index contributed by atoms with van der Waals surface area (Å²) in [6.07, 6.45) is 2.07. The lowest BCUT2D eigenvalue weighted by atomic mass is 10.2. The molecule has 1 aromatic carbocycles. The van der Waals surface area contributed by atoms with Crippen molar-refractivity contribution in [3.8, 4) is 11.4 Å². The lowest BCUT2D eigenvalue weighted by Gasteiger charge is -2.24. The Bertz CT molecular complexity index is 550. The van der Waals surface area contributed by atoms with E-state index in [9.17, 15) is 0 Å². The number of aromatic nitrogens is 2. The number of thioether (sulfide) groups is 2. The minimum Gasteiger partial charge on any atom is -0.338 e. The number of rotatable bonds is 4. The van der Waals surface area contributed by atoms with Gasteiger partial charge in [-0.15, -0.1) is 11.8 Å². The summed E-state index contributed by atoms with van der Waals surface area (Å²) in [4.78, 5) is 8.10. The predicted octanol–water partition coefficient (Wildman–Crippen LogP) is 3.01. The summed E-state index contributed by atoms with van der Waals surface area (Å²) in [5.74, 6) is 3.77. The van der Waals surface area contributed by atoms with Crippen molar-refractivity contribution in [1.29, 1.82) is 0 Å². The van der Waals surface area contributed by atoms with Crippen molar-refractivity contribution in [3.05, 3.63) is 30.2 Å². The van der Waals surface area contributed by atoms with Crippen molar-refractivity contribution >= 4 is 23.5 Å². The summed E-state index contributed by atoms with van der Waals surface area (Å²) in [5, 5.41) is 4.08. The van der Waals surface area contributed by atoms with Crippen LogP contribution in [0.15, 0.2) is 33.7 Å². The lowest BCUT2D eigenvalue weighted by Crippen LogP contribution is -2.32. The van der Waals surface area contributed by atoms with Crippen molar-refractivity contribution in [3.63, 3.8) is 0 Å². The van der Waals surface area contributed by atoms with Gasteiger partial charge in [-0.3, -0.25) is 4.90 Å². The van der Waals surface area contributed by atoms with E-state index in [-0.39, 0.29) is 0 Å². The minimum atomic E-state index is 0.680. The summed E-state index contributed by atoms with van der Waals surface area (Å²) < 4.78 is 5.36. The van der Waals surface area contributed by atoms with E-state index in [1.54, 1.807) is 11.8 Å². The molecule has 1 aliphatic rings. The van der Waals surface area contributed by atoms with Crippen LogP contribution in [0.25, 0.3) is 11.4 Å². The highest BCUT2D eigenvalue weighted by molar-refractivity contribution is 7.99. The smallest absolute Gasteiger partial charge is 0.241 e. The lowest BCUT2D eigenvalue weighted by molar-refractivity contribution is 0.245. The Labute approximate surface area is 127 Å². The fourth-order valence-corrected chi connectivity index (χ4v) is 3.51. The Kier molecular flexibility index (Phi) is 4.65. The quantitative estimate of drug-likeness (QED) is 0.809. The van der Waals surface area contributed by atoms with E-state index in [0.29, 0.717) is 11.7 Å². The van der Waals surface area contributed by atoms with Crippen LogP contribution in [0.3, 0.4) is 0 Å². The van der Waals surface area contributed by atoms with Crippen molar-refractivity contribution in [2.75, 3.05) is 30.9 Å². The number of benzene rings is 1. The zero-order chi connectivity index (χ0) is 13.8. The summed E-state index contributed by atoms with van der Waals surface area (Å²) >= 11 is 3.73. The van der Waals surface area contributed by atoms with Crippen LogP contribution in [-0.4, -0.2) is 45.9 Å². The molecule has 0 N–H and O–H groups in total. The van der Waals surface area contributed by atoms with Crippen LogP contribution in [0.5, 0.6) is 0 Å². The molecule has 1 aromatic heterocycles. The Morgan fingerprint density at radius 2 is 2.00 bits per heavy atom. The number of hydrogen-bond acceptors (Lipinski definition) is 6. The first-order valence-electron chi connectivity index (χ1n) is 6.62. The maximum atomic E-state index is 5.36. The van der Waals surface area contributed by atoms with E-state index in [1.807, 2.05) is 23.9 Å². The molecule has 0 amide bonds. The van der Waals surface area contributed by atoms with E-state index >= 15 is 0 Å². The third-order valence-corrected chi connectivity index (χ3v) is 4.96. The molecule has 0 spiro atoms. The fraction of sp³-hybridized carbons (Fsp3) is 0.429. The zero-order valence-electron chi connectivity index (χ0n) is 11.4. The summed E-state index contributed by atoms with van der Waals surface area (Å²) in [7, 11) is 0. The monoisotopic (exact) mass is 307 g/mol. The largest absolute Gasteiger partial charge is 0.338 e. The second kappa shape index (κ2) is 6.65. The van der Waals surface area contributed by atoms with Crippen molar-refractivity contribution in [1.82, 2.24) is 15.0 Å². The highest BCUT2D eigenvalue weighted by atomic mass is 32.2. The van der Waals surface area contributed by atoms with E-state index in [0.717, 1.165) is 25.2 Å². The van der Waals surface area contributed by atoms with Gasteiger partial charge in [0.1, 0.15) is 0 Å². The first-order chi connectivity index (χ1) is 9.85. The maximum Gasteiger partial charge on any atom is 0.241 e. The highest BCUT2D eigenvalue weighted by Crippen LogP contribution is 2.21. The van der Waals surface area contributed by atoms with Gasteiger partial charge in [0.2, 0.25) is 11.7 Å². The first-order valence-corrected chi connectivity index (χ1v) is 9.00. The molecule has 4 nitrogen and oxygen atoms in total. The van der Waals surface area contributed by atoms with Gasteiger partial charge in [0, 0.05) is 35.1 Å². The first kappa shape index (κ1) is 14.0. The highest BCUT2D eigenvalue weighted by Gasteiger charge is 2.15. The Morgan fingerprint density at radius 1 is 1.25 bits per heavy atom. The van der Waals surface area contributed by atoms with Crippen LogP contribution >= 0.6 is 23.5 Å². The van der Waals surface area contributed by atoms with Crippen LogP contribution in [0, 0.1) is 0 Å². The average molecular weight is 307 g/mol. The van der Waals surface area contributed by atoms with Gasteiger partial charge in [0.25, 0.3) is 0 Å². The fourth-order valence-electron chi connectivity index (χ4n) is 2.13. The van der Waals surface area contributed by atoms with Gasteiger partial charge in [-0.2, -0.15) is 16.7 Å². The van der Waals surface area contributed by atoms with E-state index in [2.05, 4.69) is 33.4 Å². The molecule has 2 aromatic rings. The van der Waals surface area contributed by atoms with Crippen molar-refractivity contribution in [2.24, 2.45) is 0 Å². The molecule has 20 heavy (non-hydrogen) atoms. The normalized spacial score (nSPS) is 16.4. The molecule has 0 aliphatic carbocycles. The molecule has 6 heteroatoms. The number of nitrogens with zero attached hydrogens (tertiary/aromatic N) is 3. The van der Waals surface area contributed by atoms with E-state index in [4.69, 9.17) is 4.52 Å². The molecular formula is C14H17N3OS2. The molecule has 0 radical (unpaired) electrons. The molecule has 0 saturated carbocycles. The second-order valence-corrected chi connectivity index (χ2v) is 6.73. The van der Waals surface area contributed by atoms with Gasteiger partial charge in [0.15, 0.2) is 0 Å². The molecule has 0 bridgehead atoms. The van der Waals surface area contributed by atoms with E-state index < -0.39 is 0 Å². The Morgan fingerprint density at radius 3 is 2.70 bits per heavy atom. The molecule has 0 unspecified atom stereocenters. The van der Waals surface area contributed by atoms with Crippen molar-refractivity contribution in [2.45, 2.75) is 11.4 Å². The third-order valence-electron chi connectivity index (χ3n) is 3.28. The van der Waals surface area contributed by atoms with Crippen LogP contribution in [0.1, 0.15) is 5.89 Å². The second-order valence-electron chi connectivity index (χ2n) is 4.63. The predicted molar refractivity (Wildman–Crippen MR) is 84.1 cm³/mol. The van der Waals surface area contributed by atoms with Gasteiger partial charge in [0.05, 0.1) is 6.54 Å². The molecule has 2 heterocycles.